The maximum absolute atomic E-state index is 2.47. The molecule has 11 aromatic rings. The number of fused-ring (bicyclic) bond motifs is 6. The zero-order valence-corrected chi connectivity index (χ0v) is 36.0. The van der Waals surface area contributed by atoms with Gasteiger partial charge in [0, 0.05) is 21.9 Å². The summed E-state index contributed by atoms with van der Waals surface area (Å²) >= 11 is 0. The van der Waals surface area contributed by atoms with Gasteiger partial charge in [-0.1, -0.05) is 214 Å². The molecule has 302 valence electrons. The number of aromatic nitrogens is 1. The Morgan fingerprint density at radius 1 is 0.266 bits per heavy atom. The van der Waals surface area contributed by atoms with Crippen LogP contribution in [0.25, 0.3) is 105 Å². The molecule has 0 aliphatic heterocycles. The lowest BCUT2D eigenvalue weighted by atomic mass is 9.82. The largest absolute Gasteiger partial charge is 0.309 e. The third-order valence-electron chi connectivity index (χ3n) is 13.7. The molecule has 1 aliphatic rings. The second-order valence-corrected chi connectivity index (χ2v) is 17.7. The van der Waals surface area contributed by atoms with Crippen molar-refractivity contribution in [3.8, 4) is 83.6 Å². The lowest BCUT2D eigenvalue weighted by molar-refractivity contribution is 0.660. The lowest BCUT2D eigenvalue weighted by Gasteiger charge is -2.22. The third-order valence-corrected chi connectivity index (χ3v) is 13.7. The Bertz CT molecular complexity index is 3320. The zero-order chi connectivity index (χ0) is 42.8. The first kappa shape index (κ1) is 37.7. The van der Waals surface area contributed by atoms with Crippen LogP contribution in [-0.2, 0) is 5.41 Å². The molecule has 64 heavy (non-hydrogen) atoms. The van der Waals surface area contributed by atoms with E-state index in [4.69, 9.17) is 0 Å². The van der Waals surface area contributed by atoms with Gasteiger partial charge < -0.3 is 4.57 Å². The van der Waals surface area contributed by atoms with E-state index in [1.807, 2.05) is 0 Å². The average Bonchev–Trinajstić information content (AvgIpc) is 3.81. The fraction of sp³-hybridized carbons (Fsp3) is 0.0476. The third kappa shape index (κ3) is 6.40. The van der Waals surface area contributed by atoms with Gasteiger partial charge in [-0.25, -0.2) is 0 Å². The number of benzene rings is 10. The monoisotopic (exact) mass is 815 g/mol. The highest BCUT2D eigenvalue weighted by Crippen LogP contribution is 2.49. The molecule has 0 radical (unpaired) electrons. The predicted octanol–water partition coefficient (Wildman–Crippen LogP) is 17.1. The van der Waals surface area contributed by atoms with E-state index < -0.39 is 0 Å². The summed E-state index contributed by atoms with van der Waals surface area (Å²) in [5.41, 5.74) is 23.5. The first-order valence-corrected chi connectivity index (χ1v) is 22.3. The number of nitrogens with zero attached hydrogens (tertiary/aromatic N) is 1. The van der Waals surface area contributed by atoms with E-state index in [9.17, 15) is 0 Å². The topological polar surface area (TPSA) is 4.93 Å². The molecular formula is C63H45N. The van der Waals surface area contributed by atoms with E-state index in [1.54, 1.807) is 0 Å². The molecular weight excluding hydrogens is 771 g/mol. The Balaban J connectivity index is 0.930. The van der Waals surface area contributed by atoms with E-state index in [0.717, 1.165) is 0 Å². The van der Waals surface area contributed by atoms with Crippen LogP contribution in [0.3, 0.4) is 0 Å². The molecule has 0 fully saturated rings. The summed E-state index contributed by atoms with van der Waals surface area (Å²) in [6.07, 6.45) is 0. The number of hydrogen-bond acceptors (Lipinski definition) is 0. The smallest absolute Gasteiger partial charge is 0.0541 e. The van der Waals surface area contributed by atoms with Crippen molar-refractivity contribution in [2.45, 2.75) is 19.3 Å². The quantitative estimate of drug-likeness (QED) is 0.151. The van der Waals surface area contributed by atoms with Crippen LogP contribution in [-0.4, -0.2) is 4.57 Å². The van der Waals surface area contributed by atoms with Gasteiger partial charge in [0.15, 0.2) is 0 Å². The van der Waals surface area contributed by atoms with Gasteiger partial charge in [0.25, 0.3) is 0 Å². The molecule has 0 unspecified atom stereocenters. The number of hydrogen-bond donors (Lipinski definition) is 0. The molecule has 1 aliphatic carbocycles. The van der Waals surface area contributed by atoms with E-state index in [-0.39, 0.29) is 5.41 Å². The lowest BCUT2D eigenvalue weighted by Crippen LogP contribution is -2.15. The van der Waals surface area contributed by atoms with Gasteiger partial charge in [0.05, 0.1) is 11.0 Å². The molecule has 0 N–H and O–H groups in total. The van der Waals surface area contributed by atoms with Crippen LogP contribution in [0.2, 0.25) is 0 Å². The van der Waals surface area contributed by atoms with Gasteiger partial charge in [0.1, 0.15) is 0 Å². The van der Waals surface area contributed by atoms with E-state index in [2.05, 4.69) is 255 Å². The standard InChI is InChI=1S/C63H45N/c1-63(2)59-16-10-9-15-55(59)56-36-35-54(41-60(56)63)64-61-37-33-52(50-29-25-48(26-30-50)46-21-17-44(18-22-46)42-11-5-3-6-12-42)39-57(61)58-40-53(34-38-62(58)64)51-31-27-49(28-32-51)47-23-19-45(20-24-47)43-13-7-4-8-14-43/h3-41H,1-2H3. The highest BCUT2D eigenvalue weighted by atomic mass is 15.0. The molecule has 0 bridgehead atoms. The first-order chi connectivity index (χ1) is 31.5. The summed E-state index contributed by atoms with van der Waals surface area (Å²) in [6.45, 7) is 4.73. The van der Waals surface area contributed by atoms with E-state index >= 15 is 0 Å². The number of rotatable bonds is 7. The minimum atomic E-state index is -0.0901. The fourth-order valence-corrected chi connectivity index (χ4v) is 10.2. The SMILES string of the molecule is CC1(C)c2ccccc2-c2ccc(-n3c4ccc(-c5ccc(-c6ccc(-c7ccccc7)cc6)cc5)cc4c4cc(-c5ccc(-c6ccc(-c7ccccc7)cc6)cc5)ccc43)cc21. The van der Waals surface area contributed by atoms with Crippen LogP contribution in [0.4, 0.5) is 0 Å². The summed E-state index contributed by atoms with van der Waals surface area (Å²) in [4.78, 5) is 0. The van der Waals surface area contributed by atoms with Crippen LogP contribution in [0.1, 0.15) is 25.0 Å². The van der Waals surface area contributed by atoms with Crippen molar-refractivity contribution in [3.63, 3.8) is 0 Å². The minimum absolute atomic E-state index is 0.0901. The van der Waals surface area contributed by atoms with Crippen molar-refractivity contribution < 1.29 is 0 Å². The molecule has 0 spiro atoms. The van der Waals surface area contributed by atoms with Gasteiger partial charge >= 0.3 is 0 Å². The molecule has 1 heteroatoms. The maximum atomic E-state index is 2.47. The van der Waals surface area contributed by atoms with Crippen LogP contribution in [0.5, 0.6) is 0 Å². The molecule has 1 nitrogen and oxygen atoms in total. The molecule has 1 heterocycles. The molecule has 10 aromatic carbocycles. The average molecular weight is 816 g/mol. The van der Waals surface area contributed by atoms with Crippen molar-refractivity contribution in [1.82, 2.24) is 4.57 Å². The second-order valence-electron chi connectivity index (χ2n) is 17.7. The highest BCUT2D eigenvalue weighted by Gasteiger charge is 2.35. The Labute approximate surface area is 375 Å². The zero-order valence-electron chi connectivity index (χ0n) is 36.0. The second kappa shape index (κ2) is 15.1. The molecule has 0 amide bonds. The molecule has 0 atom stereocenters. The summed E-state index contributed by atoms with van der Waals surface area (Å²) in [5.74, 6) is 0. The Morgan fingerprint density at radius 2 is 0.594 bits per heavy atom. The summed E-state index contributed by atoms with van der Waals surface area (Å²) in [7, 11) is 0. The molecule has 0 saturated heterocycles. The summed E-state index contributed by atoms with van der Waals surface area (Å²) < 4.78 is 2.47. The van der Waals surface area contributed by atoms with Crippen molar-refractivity contribution in [1.29, 1.82) is 0 Å². The predicted molar refractivity (Wildman–Crippen MR) is 271 cm³/mol. The maximum Gasteiger partial charge on any atom is 0.0541 e. The van der Waals surface area contributed by atoms with Crippen molar-refractivity contribution in [2.75, 3.05) is 0 Å². The van der Waals surface area contributed by atoms with Crippen LogP contribution >= 0.6 is 0 Å². The Kier molecular flexibility index (Phi) is 8.91. The normalized spacial score (nSPS) is 12.7. The van der Waals surface area contributed by atoms with Gasteiger partial charge in [-0.05, 0) is 125 Å². The van der Waals surface area contributed by atoms with Gasteiger partial charge in [-0.2, -0.15) is 0 Å². The highest BCUT2D eigenvalue weighted by molar-refractivity contribution is 6.12. The van der Waals surface area contributed by atoms with Crippen molar-refractivity contribution in [3.05, 3.63) is 248 Å². The van der Waals surface area contributed by atoms with Gasteiger partial charge in [-0.3, -0.25) is 0 Å². The Morgan fingerprint density at radius 3 is 1.02 bits per heavy atom. The van der Waals surface area contributed by atoms with Crippen LogP contribution in [0, 0.1) is 0 Å². The molecule has 12 rings (SSSR count). The fourth-order valence-electron chi connectivity index (χ4n) is 10.2. The van der Waals surface area contributed by atoms with Gasteiger partial charge in [-0.15, -0.1) is 0 Å². The Hall–Kier alpha value is -8.00. The summed E-state index contributed by atoms with van der Waals surface area (Å²) in [5, 5.41) is 2.49. The van der Waals surface area contributed by atoms with Crippen molar-refractivity contribution >= 4 is 21.8 Å². The molecule has 0 saturated carbocycles. The van der Waals surface area contributed by atoms with E-state index in [1.165, 1.54) is 117 Å². The van der Waals surface area contributed by atoms with Gasteiger partial charge in [0.2, 0.25) is 0 Å². The minimum Gasteiger partial charge on any atom is -0.309 e. The van der Waals surface area contributed by atoms with Crippen LogP contribution < -0.4 is 0 Å². The summed E-state index contributed by atoms with van der Waals surface area (Å²) in [6, 6.07) is 87.0. The van der Waals surface area contributed by atoms with Crippen molar-refractivity contribution in [2.24, 2.45) is 0 Å². The first-order valence-electron chi connectivity index (χ1n) is 22.3. The molecule has 1 aromatic heterocycles. The van der Waals surface area contributed by atoms with E-state index in [0.29, 0.717) is 0 Å². The van der Waals surface area contributed by atoms with Crippen LogP contribution in [0.15, 0.2) is 237 Å².